The maximum atomic E-state index is 12.2. The fourth-order valence-electron chi connectivity index (χ4n) is 3.57. The van der Waals surface area contributed by atoms with Crippen molar-refractivity contribution < 1.29 is 14.7 Å². The molecule has 174 valence electrons. The molecule has 1 N–H and O–H groups in total. The maximum absolute atomic E-state index is 12.2. The van der Waals surface area contributed by atoms with E-state index < -0.39 is 5.97 Å². The van der Waals surface area contributed by atoms with E-state index >= 15 is 0 Å². The largest absolute Gasteiger partial charge is 0.477 e. The van der Waals surface area contributed by atoms with E-state index in [4.69, 9.17) is 34.8 Å². The fourth-order valence-corrected chi connectivity index (χ4v) is 5.19. The van der Waals surface area contributed by atoms with Gasteiger partial charge in [0.25, 0.3) is 5.91 Å². The van der Waals surface area contributed by atoms with E-state index in [0.29, 0.717) is 38.1 Å². The summed E-state index contributed by atoms with van der Waals surface area (Å²) in [6, 6.07) is 17.8. The van der Waals surface area contributed by atoms with Gasteiger partial charge in [-0.15, -0.1) is 0 Å². The zero-order valence-corrected chi connectivity index (χ0v) is 21.3. The SMILES string of the molecule is CN(C)C(=O)c1ccc(Cn2c(C(=O)O)cc3c(Cl)cc(Sc4ccc(Cl)c(Cl)c4)cc32)cc1. The number of aromatic carboxylic acids is 1. The van der Waals surface area contributed by atoms with Crippen LogP contribution in [-0.4, -0.2) is 40.5 Å². The number of halogens is 3. The van der Waals surface area contributed by atoms with Crippen LogP contribution in [0.3, 0.4) is 0 Å². The minimum atomic E-state index is -1.05. The van der Waals surface area contributed by atoms with Crippen molar-refractivity contribution in [2.45, 2.75) is 16.3 Å². The first kappa shape index (κ1) is 24.5. The third-order valence-corrected chi connectivity index (χ3v) is 7.25. The van der Waals surface area contributed by atoms with Crippen molar-refractivity contribution in [2.75, 3.05) is 14.1 Å². The number of carboxylic acids is 1. The number of carbonyl (C=O) groups excluding carboxylic acids is 1. The average molecular weight is 534 g/mol. The third kappa shape index (κ3) is 5.05. The topological polar surface area (TPSA) is 62.5 Å². The number of aromatic nitrogens is 1. The Morgan fingerprint density at radius 3 is 2.18 bits per heavy atom. The predicted molar refractivity (Wildman–Crippen MR) is 138 cm³/mol. The highest BCUT2D eigenvalue weighted by molar-refractivity contribution is 7.99. The lowest BCUT2D eigenvalue weighted by Crippen LogP contribution is -2.21. The van der Waals surface area contributed by atoms with Crippen molar-refractivity contribution in [3.8, 4) is 0 Å². The molecule has 0 fully saturated rings. The van der Waals surface area contributed by atoms with Crippen molar-refractivity contribution in [1.29, 1.82) is 0 Å². The van der Waals surface area contributed by atoms with Gasteiger partial charge in [-0.3, -0.25) is 4.79 Å². The summed E-state index contributed by atoms with van der Waals surface area (Å²) in [5.74, 6) is -1.15. The number of nitrogens with zero attached hydrogens (tertiary/aromatic N) is 2. The summed E-state index contributed by atoms with van der Waals surface area (Å²) in [4.78, 5) is 27.4. The van der Waals surface area contributed by atoms with Gasteiger partial charge >= 0.3 is 5.97 Å². The molecule has 0 atom stereocenters. The van der Waals surface area contributed by atoms with Gasteiger partial charge in [0, 0.05) is 41.4 Å². The van der Waals surface area contributed by atoms with Crippen molar-refractivity contribution in [3.63, 3.8) is 0 Å². The molecular formula is C25H19Cl3N2O3S. The third-order valence-electron chi connectivity index (χ3n) is 5.24. The molecular weight excluding hydrogens is 515 g/mol. The Bertz CT molecular complexity index is 1420. The van der Waals surface area contributed by atoms with Gasteiger partial charge in [-0.05, 0) is 54.1 Å². The summed E-state index contributed by atoms with van der Waals surface area (Å²) in [5.41, 5.74) is 2.24. The molecule has 0 unspecified atom stereocenters. The minimum absolute atomic E-state index is 0.0973. The number of carboxylic acid groups (broad SMARTS) is 1. The van der Waals surface area contributed by atoms with Gasteiger partial charge < -0.3 is 14.6 Å². The van der Waals surface area contributed by atoms with Crippen molar-refractivity contribution in [1.82, 2.24) is 9.47 Å². The molecule has 0 saturated carbocycles. The molecule has 1 aromatic heterocycles. The van der Waals surface area contributed by atoms with Crippen LogP contribution < -0.4 is 0 Å². The number of fused-ring (bicyclic) bond motifs is 1. The Kier molecular flexibility index (Phi) is 7.14. The molecule has 9 heteroatoms. The van der Waals surface area contributed by atoms with Crippen LogP contribution in [0.2, 0.25) is 15.1 Å². The molecule has 3 aromatic carbocycles. The molecule has 4 rings (SSSR count). The Morgan fingerprint density at radius 1 is 0.882 bits per heavy atom. The van der Waals surface area contributed by atoms with E-state index in [0.717, 1.165) is 15.4 Å². The number of hydrogen-bond acceptors (Lipinski definition) is 3. The van der Waals surface area contributed by atoms with Crippen LogP contribution in [0, 0.1) is 0 Å². The first-order valence-electron chi connectivity index (χ1n) is 10.1. The summed E-state index contributed by atoms with van der Waals surface area (Å²) >= 11 is 20.2. The van der Waals surface area contributed by atoms with Crippen molar-refractivity contribution >= 4 is 69.3 Å². The molecule has 0 aliphatic heterocycles. The monoisotopic (exact) mass is 532 g/mol. The average Bonchev–Trinajstić information content (AvgIpc) is 3.15. The highest BCUT2D eigenvalue weighted by Gasteiger charge is 2.18. The van der Waals surface area contributed by atoms with E-state index in [1.165, 1.54) is 16.7 Å². The lowest BCUT2D eigenvalue weighted by Gasteiger charge is -2.12. The Labute approximate surface area is 215 Å². The van der Waals surface area contributed by atoms with Crippen LogP contribution in [-0.2, 0) is 6.54 Å². The highest BCUT2D eigenvalue weighted by Crippen LogP contribution is 2.37. The normalized spacial score (nSPS) is 11.1. The molecule has 0 aliphatic carbocycles. The van der Waals surface area contributed by atoms with Crippen LogP contribution in [0.4, 0.5) is 0 Å². The number of amides is 1. The highest BCUT2D eigenvalue weighted by atomic mass is 35.5. The molecule has 0 spiro atoms. The maximum Gasteiger partial charge on any atom is 0.352 e. The molecule has 0 bridgehead atoms. The van der Waals surface area contributed by atoms with Crippen LogP contribution >= 0.6 is 46.6 Å². The molecule has 1 amide bonds. The number of hydrogen-bond donors (Lipinski definition) is 1. The Balaban J connectivity index is 1.74. The van der Waals surface area contributed by atoms with Crippen molar-refractivity contribution in [3.05, 3.63) is 92.6 Å². The molecule has 5 nitrogen and oxygen atoms in total. The second-order valence-corrected chi connectivity index (χ2v) is 10.2. The molecule has 1 heterocycles. The second kappa shape index (κ2) is 9.92. The Morgan fingerprint density at radius 2 is 1.56 bits per heavy atom. The van der Waals surface area contributed by atoms with Crippen LogP contribution in [0.5, 0.6) is 0 Å². The smallest absolute Gasteiger partial charge is 0.352 e. The minimum Gasteiger partial charge on any atom is -0.477 e. The lowest BCUT2D eigenvalue weighted by atomic mass is 10.1. The summed E-state index contributed by atoms with van der Waals surface area (Å²) < 4.78 is 1.71. The van der Waals surface area contributed by atoms with Gasteiger partial charge in [0.05, 0.1) is 20.6 Å². The van der Waals surface area contributed by atoms with Crippen LogP contribution in [0.15, 0.2) is 70.5 Å². The van der Waals surface area contributed by atoms with E-state index in [1.54, 1.807) is 55.1 Å². The number of carbonyl (C=O) groups is 2. The first-order valence-corrected chi connectivity index (χ1v) is 12.1. The van der Waals surface area contributed by atoms with Gasteiger partial charge in [-0.1, -0.05) is 58.7 Å². The summed E-state index contributed by atoms with van der Waals surface area (Å²) in [7, 11) is 3.39. The number of benzene rings is 3. The van der Waals surface area contributed by atoms with E-state index in [1.807, 2.05) is 24.3 Å². The zero-order valence-electron chi connectivity index (χ0n) is 18.2. The van der Waals surface area contributed by atoms with Crippen molar-refractivity contribution in [2.24, 2.45) is 0 Å². The molecule has 0 saturated heterocycles. The molecule has 34 heavy (non-hydrogen) atoms. The summed E-state index contributed by atoms with van der Waals surface area (Å²) in [6.45, 7) is 0.304. The van der Waals surface area contributed by atoms with E-state index in [2.05, 4.69) is 0 Å². The summed E-state index contributed by atoms with van der Waals surface area (Å²) in [5, 5.41) is 11.9. The van der Waals surface area contributed by atoms with Gasteiger partial charge in [0.2, 0.25) is 0 Å². The van der Waals surface area contributed by atoms with Gasteiger partial charge in [-0.25, -0.2) is 4.79 Å². The quantitative estimate of drug-likeness (QED) is 0.285. The zero-order chi connectivity index (χ0) is 24.6. The van der Waals surface area contributed by atoms with Gasteiger partial charge in [-0.2, -0.15) is 0 Å². The fraction of sp³-hybridized carbons (Fsp3) is 0.120. The molecule has 4 aromatic rings. The predicted octanol–water partition coefficient (Wildman–Crippen LogP) is 7.20. The standard InChI is InChI=1S/C25H19Cl3N2O3S/c1-29(2)24(31)15-5-3-14(4-6-15)13-30-22-11-17(34-16-7-8-19(26)21(28)9-16)10-20(27)18(22)12-23(30)25(32)33/h3-12H,13H2,1-2H3,(H,32,33). The van der Waals surface area contributed by atoms with E-state index in [9.17, 15) is 14.7 Å². The first-order chi connectivity index (χ1) is 16.1. The Hall–Kier alpha value is -2.64. The number of rotatable bonds is 6. The van der Waals surface area contributed by atoms with Crippen LogP contribution in [0.1, 0.15) is 26.4 Å². The van der Waals surface area contributed by atoms with E-state index in [-0.39, 0.29) is 11.6 Å². The summed E-state index contributed by atoms with van der Waals surface area (Å²) in [6.07, 6.45) is 0. The molecule has 0 radical (unpaired) electrons. The lowest BCUT2D eigenvalue weighted by molar-refractivity contribution is 0.0685. The second-order valence-electron chi connectivity index (χ2n) is 7.83. The van der Waals surface area contributed by atoms with Gasteiger partial charge in [0.1, 0.15) is 5.69 Å². The van der Waals surface area contributed by atoms with Gasteiger partial charge in [0.15, 0.2) is 0 Å². The van der Waals surface area contributed by atoms with Crippen LogP contribution in [0.25, 0.3) is 10.9 Å². The molecule has 0 aliphatic rings.